The van der Waals surface area contributed by atoms with Crippen molar-refractivity contribution in [3.05, 3.63) is 59.7 Å². The van der Waals surface area contributed by atoms with Crippen LogP contribution in [0.2, 0.25) is 0 Å². The van der Waals surface area contributed by atoms with Crippen LogP contribution in [0.15, 0.2) is 42.5 Å². The van der Waals surface area contributed by atoms with Crippen LogP contribution >= 0.6 is 0 Å². The van der Waals surface area contributed by atoms with Gasteiger partial charge in [0.2, 0.25) is 0 Å². The summed E-state index contributed by atoms with van der Waals surface area (Å²) >= 11 is 0. The highest BCUT2D eigenvalue weighted by molar-refractivity contribution is 5.40. The molecule has 2 rings (SSSR count). The minimum absolute atomic E-state index is 0.0183. The predicted octanol–water partition coefficient (Wildman–Crippen LogP) is 4.43. The third-order valence-electron chi connectivity index (χ3n) is 3.16. The van der Waals surface area contributed by atoms with E-state index in [1.807, 2.05) is 25.2 Å². The van der Waals surface area contributed by atoms with E-state index in [0.717, 1.165) is 18.1 Å². The molecule has 0 aliphatic heterocycles. The first-order chi connectivity index (χ1) is 9.65. The molecule has 0 amide bonds. The smallest absolute Gasteiger partial charge is 0.168 e. The monoisotopic (exact) mass is 277 g/mol. The zero-order chi connectivity index (χ0) is 14.5. The molecule has 4 heteroatoms. The first kappa shape index (κ1) is 14.5. The SMILES string of the molecule is CCC(NC)c1ccccc1Oc1ccc(F)cc1F. The van der Waals surface area contributed by atoms with Crippen LogP contribution < -0.4 is 10.1 Å². The topological polar surface area (TPSA) is 21.3 Å². The van der Waals surface area contributed by atoms with Crippen LogP contribution in [0.5, 0.6) is 11.5 Å². The second kappa shape index (κ2) is 6.48. The molecule has 0 spiro atoms. The van der Waals surface area contributed by atoms with Crippen LogP contribution in [0.4, 0.5) is 8.78 Å². The molecule has 2 nitrogen and oxygen atoms in total. The molecule has 0 bridgehead atoms. The van der Waals surface area contributed by atoms with Crippen molar-refractivity contribution in [2.24, 2.45) is 0 Å². The minimum atomic E-state index is -0.711. The molecule has 0 radical (unpaired) electrons. The Morgan fingerprint density at radius 3 is 2.50 bits per heavy atom. The van der Waals surface area contributed by atoms with Crippen molar-refractivity contribution in [3.8, 4) is 11.5 Å². The van der Waals surface area contributed by atoms with Gasteiger partial charge in [-0.05, 0) is 31.7 Å². The fourth-order valence-electron chi connectivity index (χ4n) is 2.12. The Labute approximate surface area is 117 Å². The quantitative estimate of drug-likeness (QED) is 0.873. The summed E-state index contributed by atoms with van der Waals surface area (Å²) in [6.45, 7) is 2.05. The number of ether oxygens (including phenoxy) is 1. The van der Waals surface area contributed by atoms with Crippen molar-refractivity contribution in [3.63, 3.8) is 0 Å². The highest BCUT2D eigenvalue weighted by Gasteiger charge is 2.14. The molecule has 0 heterocycles. The van der Waals surface area contributed by atoms with Crippen LogP contribution in [0, 0.1) is 11.6 Å². The van der Waals surface area contributed by atoms with Gasteiger partial charge in [0.1, 0.15) is 11.6 Å². The van der Waals surface area contributed by atoms with Gasteiger partial charge in [-0.25, -0.2) is 8.78 Å². The van der Waals surface area contributed by atoms with Crippen molar-refractivity contribution >= 4 is 0 Å². The lowest BCUT2D eigenvalue weighted by Gasteiger charge is -2.18. The second-order valence-corrected chi connectivity index (χ2v) is 4.46. The summed E-state index contributed by atoms with van der Waals surface area (Å²) in [6.07, 6.45) is 0.878. The lowest BCUT2D eigenvalue weighted by atomic mass is 10.0. The van der Waals surface area contributed by atoms with E-state index in [-0.39, 0.29) is 11.8 Å². The van der Waals surface area contributed by atoms with Gasteiger partial charge in [0.25, 0.3) is 0 Å². The van der Waals surface area contributed by atoms with Gasteiger partial charge in [-0.3, -0.25) is 0 Å². The third kappa shape index (κ3) is 3.14. The molecule has 0 aliphatic carbocycles. The molecule has 2 aromatic carbocycles. The minimum Gasteiger partial charge on any atom is -0.454 e. The fourth-order valence-corrected chi connectivity index (χ4v) is 2.12. The lowest BCUT2D eigenvalue weighted by Crippen LogP contribution is -2.15. The largest absolute Gasteiger partial charge is 0.454 e. The number of nitrogens with one attached hydrogen (secondary N) is 1. The van der Waals surface area contributed by atoms with Crippen molar-refractivity contribution < 1.29 is 13.5 Å². The number of hydrogen-bond donors (Lipinski definition) is 1. The summed E-state index contributed by atoms with van der Waals surface area (Å²) in [5.74, 6) is -0.744. The summed E-state index contributed by atoms with van der Waals surface area (Å²) < 4.78 is 32.1. The Hall–Kier alpha value is -1.94. The Kier molecular flexibility index (Phi) is 4.69. The van der Waals surface area contributed by atoms with Gasteiger partial charge in [-0.15, -0.1) is 0 Å². The van der Waals surface area contributed by atoms with E-state index in [0.29, 0.717) is 5.75 Å². The van der Waals surface area contributed by atoms with Crippen LogP contribution in [0.25, 0.3) is 0 Å². The van der Waals surface area contributed by atoms with E-state index >= 15 is 0 Å². The van der Waals surface area contributed by atoms with E-state index in [9.17, 15) is 8.78 Å². The summed E-state index contributed by atoms with van der Waals surface area (Å²) in [4.78, 5) is 0. The maximum atomic E-state index is 13.7. The summed E-state index contributed by atoms with van der Waals surface area (Å²) in [7, 11) is 1.86. The van der Waals surface area contributed by atoms with Crippen LogP contribution in [0.1, 0.15) is 24.9 Å². The molecule has 0 saturated heterocycles. The van der Waals surface area contributed by atoms with E-state index < -0.39 is 11.6 Å². The molecule has 0 fully saturated rings. The van der Waals surface area contributed by atoms with Gasteiger partial charge < -0.3 is 10.1 Å². The Morgan fingerprint density at radius 1 is 1.10 bits per heavy atom. The van der Waals surface area contributed by atoms with E-state index in [1.165, 1.54) is 12.1 Å². The zero-order valence-electron chi connectivity index (χ0n) is 11.5. The average molecular weight is 277 g/mol. The number of para-hydroxylation sites is 1. The van der Waals surface area contributed by atoms with Crippen molar-refractivity contribution in [2.75, 3.05) is 7.05 Å². The maximum absolute atomic E-state index is 13.7. The summed E-state index contributed by atoms with van der Waals surface area (Å²) in [5.41, 5.74) is 0.946. The fraction of sp³-hybridized carbons (Fsp3) is 0.250. The number of hydrogen-bond acceptors (Lipinski definition) is 2. The average Bonchev–Trinajstić information content (AvgIpc) is 2.45. The molecule has 2 aromatic rings. The first-order valence-electron chi connectivity index (χ1n) is 6.54. The van der Waals surface area contributed by atoms with E-state index in [1.54, 1.807) is 6.07 Å². The predicted molar refractivity (Wildman–Crippen MR) is 75.0 cm³/mol. The van der Waals surface area contributed by atoms with Crippen LogP contribution in [0.3, 0.4) is 0 Å². The molecule has 20 heavy (non-hydrogen) atoms. The summed E-state index contributed by atoms with van der Waals surface area (Å²) in [5, 5.41) is 3.18. The molecule has 1 N–H and O–H groups in total. The highest BCUT2D eigenvalue weighted by atomic mass is 19.1. The maximum Gasteiger partial charge on any atom is 0.168 e. The van der Waals surface area contributed by atoms with E-state index in [4.69, 9.17) is 4.74 Å². The van der Waals surface area contributed by atoms with Gasteiger partial charge in [0.05, 0.1) is 0 Å². The first-order valence-corrected chi connectivity index (χ1v) is 6.54. The molecule has 1 unspecified atom stereocenters. The summed E-state index contributed by atoms with van der Waals surface area (Å²) in [6, 6.07) is 10.8. The molecule has 1 atom stereocenters. The Morgan fingerprint density at radius 2 is 1.85 bits per heavy atom. The van der Waals surface area contributed by atoms with Gasteiger partial charge in [-0.1, -0.05) is 25.1 Å². The van der Waals surface area contributed by atoms with Gasteiger partial charge in [0, 0.05) is 17.7 Å². The molecule has 0 aromatic heterocycles. The van der Waals surface area contributed by atoms with Gasteiger partial charge in [-0.2, -0.15) is 0 Å². The molecule has 0 saturated carbocycles. The standard InChI is InChI=1S/C16H17F2NO/c1-3-14(19-2)12-6-4-5-7-15(12)20-16-9-8-11(17)10-13(16)18/h4-10,14,19H,3H2,1-2H3. The molecular formula is C16H17F2NO. The normalized spacial score (nSPS) is 12.2. The lowest BCUT2D eigenvalue weighted by molar-refractivity contribution is 0.424. The van der Waals surface area contributed by atoms with Crippen molar-refractivity contribution in [1.29, 1.82) is 0 Å². The molecule has 106 valence electrons. The van der Waals surface area contributed by atoms with Crippen molar-refractivity contribution in [1.82, 2.24) is 5.32 Å². The van der Waals surface area contributed by atoms with Crippen LogP contribution in [-0.4, -0.2) is 7.05 Å². The Balaban J connectivity index is 2.33. The number of rotatable bonds is 5. The third-order valence-corrected chi connectivity index (χ3v) is 3.16. The Bertz CT molecular complexity index is 582. The van der Waals surface area contributed by atoms with Crippen LogP contribution in [-0.2, 0) is 0 Å². The number of halogens is 2. The second-order valence-electron chi connectivity index (χ2n) is 4.46. The van der Waals surface area contributed by atoms with Gasteiger partial charge in [0.15, 0.2) is 11.6 Å². The van der Waals surface area contributed by atoms with E-state index in [2.05, 4.69) is 12.2 Å². The van der Waals surface area contributed by atoms with Crippen molar-refractivity contribution in [2.45, 2.75) is 19.4 Å². The zero-order valence-corrected chi connectivity index (χ0v) is 11.5. The molecular weight excluding hydrogens is 260 g/mol. The van der Waals surface area contributed by atoms with Gasteiger partial charge >= 0.3 is 0 Å². The molecule has 0 aliphatic rings. The highest BCUT2D eigenvalue weighted by Crippen LogP contribution is 2.32. The number of benzene rings is 2.